The summed E-state index contributed by atoms with van der Waals surface area (Å²) in [5.41, 5.74) is 3.28. The molecule has 31 heavy (non-hydrogen) atoms. The van der Waals surface area contributed by atoms with Crippen molar-refractivity contribution in [3.05, 3.63) is 73.7 Å². The highest BCUT2D eigenvalue weighted by Crippen LogP contribution is 2.36. The molecule has 0 N–H and O–H groups in total. The Hall–Kier alpha value is -3.13. The van der Waals surface area contributed by atoms with Crippen LogP contribution in [-0.2, 0) is 11.3 Å². The van der Waals surface area contributed by atoms with E-state index in [2.05, 4.69) is 13.8 Å². The molecule has 1 aliphatic heterocycles. The number of hydrogen-bond acceptors (Lipinski definition) is 6. The first-order valence-electron chi connectivity index (χ1n) is 9.97. The van der Waals surface area contributed by atoms with Crippen LogP contribution < -0.4 is 4.74 Å². The van der Waals surface area contributed by atoms with Gasteiger partial charge in [-0.25, -0.2) is 0 Å². The third-order valence-corrected chi connectivity index (χ3v) is 5.85. The first kappa shape index (κ1) is 22.6. The molecule has 0 unspecified atom stereocenters. The maximum atomic E-state index is 12.9. The molecule has 0 saturated carbocycles. The Kier molecular flexibility index (Phi) is 6.80. The summed E-state index contributed by atoms with van der Waals surface area (Å²) in [5, 5.41) is 10.6. The topological polar surface area (TPSA) is 89.8 Å². The van der Waals surface area contributed by atoms with Crippen molar-refractivity contribution in [2.75, 3.05) is 6.61 Å². The van der Waals surface area contributed by atoms with Gasteiger partial charge in [0, 0.05) is 12.1 Å². The molecule has 2 aromatic carbocycles. The molecular weight excluding hydrogens is 416 g/mol. The second-order valence-electron chi connectivity index (χ2n) is 7.53. The van der Waals surface area contributed by atoms with Crippen molar-refractivity contribution in [1.82, 2.24) is 4.90 Å². The van der Waals surface area contributed by atoms with Gasteiger partial charge in [-0.1, -0.05) is 26.0 Å². The lowest BCUT2D eigenvalue weighted by atomic mass is 9.96. The molecule has 0 aromatic heterocycles. The van der Waals surface area contributed by atoms with Gasteiger partial charge in [-0.2, -0.15) is 0 Å². The summed E-state index contributed by atoms with van der Waals surface area (Å²) in [6, 6.07) is 9.90. The van der Waals surface area contributed by atoms with Gasteiger partial charge in [0.2, 0.25) is 0 Å². The highest BCUT2D eigenvalue weighted by atomic mass is 32.2. The van der Waals surface area contributed by atoms with Gasteiger partial charge in [0.1, 0.15) is 5.75 Å². The van der Waals surface area contributed by atoms with Crippen LogP contribution in [0.15, 0.2) is 41.3 Å². The zero-order valence-electron chi connectivity index (χ0n) is 17.9. The second-order valence-corrected chi connectivity index (χ2v) is 8.52. The number of amides is 2. The zero-order chi connectivity index (χ0) is 22.7. The molecule has 1 fully saturated rings. The van der Waals surface area contributed by atoms with E-state index in [0.717, 1.165) is 39.1 Å². The molecule has 162 valence electrons. The van der Waals surface area contributed by atoms with Crippen LogP contribution >= 0.6 is 11.8 Å². The fourth-order valence-corrected chi connectivity index (χ4v) is 4.16. The third-order valence-electron chi connectivity index (χ3n) is 4.94. The van der Waals surface area contributed by atoms with Crippen molar-refractivity contribution in [3.8, 4) is 5.75 Å². The number of nitro benzene ring substituents is 1. The molecular formula is C23H24N2O5S. The van der Waals surface area contributed by atoms with Crippen molar-refractivity contribution in [2.24, 2.45) is 0 Å². The first-order chi connectivity index (χ1) is 14.7. The summed E-state index contributed by atoms with van der Waals surface area (Å²) in [5.74, 6) is 0.657. The Balaban J connectivity index is 1.89. The van der Waals surface area contributed by atoms with Gasteiger partial charge in [-0.3, -0.25) is 24.6 Å². The van der Waals surface area contributed by atoms with Crippen LogP contribution in [-0.4, -0.2) is 27.6 Å². The highest BCUT2D eigenvalue weighted by molar-refractivity contribution is 8.18. The predicted octanol–water partition coefficient (Wildman–Crippen LogP) is 5.66. The number of thioether (sulfide) groups is 1. The number of rotatable bonds is 7. The Morgan fingerprint density at radius 2 is 1.97 bits per heavy atom. The van der Waals surface area contributed by atoms with Crippen molar-refractivity contribution in [1.29, 1.82) is 0 Å². The van der Waals surface area contributed by atoms with Crippen molar-refractivity contribution in [2.45, 2.75) is 40.2 Å². The maximum Gasteiger partial charge on any atom is 0.293 e. The maximum absolute atomic E-state index is 12.9. The Morgan fingerprint density at radius 3 is 2.61 bits per heavy atom. The number of carbonyl (C=O) groups is 2. The fourth-order valence-electron chi connectivity index (χ4n) is 3.33. The van der Waals surface area contributed by atoms with Crippen molar-refractivity contribution < 1.29 is 19.2 Å². The second kappa shape index (κ2) is 9.34. The number of nitrogens with zero attached hydrogens (tertiary/aromatic N) is 2. The molecule has 2 aromatic rings. The number of hydrogen-bond donors (Lipinski definition) is 0. The van der Waals surface area contributed by atoms with E-state index in [4.69, 9.17) is 4.74 Å². The summed E-state index contributed by atoms with van der Waals surface area (Å²) in [6.07, 6.45) is 1.73. The van der Waals surface area contributed by atoms with E-state index in [1.165, 1.54) is 12.1 Å². The zero-order valence-corrected chi connectivity index (χ0v) is 18.7. The number of imide groups is 1. The molecule has 0 bridgehead atoms. The number of aryl methyl sites for hydroxylation is 1. The number of carbonyl (C=O) groups excluding carboxylic acids is 2. The smallest absolute Gasteiger partial charge is 0.293 e. The number of benzene rings is 2. The Morgan fingerprint density at radius 1 is 1.23 bits per heavy atom. The highest BCUT2D eigenvalue weighted by Gasteiger charge is 2.35. The van der Waals surface area contributed by atoms with E-state index in [0.29, 0.717) is 17.1 Å². The lowest BCUT2D eigenvalue weighted by molar-refractivity contribution is -0.384. The lowest BCUT2D eigenvalue weighted by Crippen LogP contribution is -2.27. The van der Waals surface area contributed by atoms with Crippen molar-refractivity contribution >= 4 is 34.7 Å². The van der Waals surface area contributed by atoms with Gasteiger partial charge >= 0.3 is 0 Å². The number of non-ortho nitro benzene ring substituents is 1. The van der Waals surface area contributed by atoms with Crippen LogP contribution in [0.25, 0.3) is 6.08 Å². The molecule has 8 heteroatoms. The van der Waals surface area contributed by atoms with Crippen LogP contribution in [0.1, 0.15) is 48.9 Å². The molecule has 1 heterocycles. The number of nitro groups is 1. The van der Waals surface area contributed by atoms with E-state index < -0.39 is 16.1 Å². The fraction of sp³-hybridized carbons (Fsp3) is 0.304. The van der Waals surface area contributed by atoms with Crippen LogP contribution in [0.2, 0.25) is 0 Å². The summed E-state index contributed by atoms with van der Waals surface area (Å²) in [6.45, 7) is 8.57. The van der Waals surface area contributed by atoms with Gasteiger partial charge < -0.3 is 4.74 Å². The summed E-state index contributed by atoms with van der Waals surface area (Å²) in [7, 11) is 0. The molecule has 1 saturated heterocycles. The van der Waals surface area contributed by atoms with Crippen LogP contribution in [0, 0.1) is 17.0 Å². The van der Waals surface area contributed by atoms with Gasteiger partial charge in [-0.05, 0) is 72.0 Å². The van der Waals surface area contributed by atoms with Crippen LogP contribution in [0.4, 0.5) is 10.5 Å². The van der Waals surface area contributed by atoms with Gasteiger partial charge in [0.25, 0.3) is 16.8 Å². The largest absolute Gasteiger partial charge is 0.494 e. The summed E-state index contributed by atoms with van der Waals surface area (Å²) in [4.78, 5) is 37.3. The minimum atomic E-state index is -0.502. The molecule has 7 nitrogen and oxygen atoms in total. The van der Waals surface area contributed by atoms with Crippen LogP contribution in [0.5, 0.6) is 5.75 Å². The molecule has 0 atom stereocenters. The van der Waals surface area contributed by atoms with E-state index in [9.17, 15) is 19.7 Å². The normalized spacial score (nSPS) is 15.3. The average molecular weight is 441 g/mol. The average Bonchev–Trinajstić information content (AvgIpc) is 2.97. The minimum Gasteiger partial charge on any atom is -0.494 e. The molecule has 0 aliphatic carbocycles. The Labute approximate surface area is 185 Å². The first-order valence-corrected chi connectivity index (χ1v) is 10.8. The van der Waals surface area contributed by atoms with Gasteiger partial charge in [-0.15, -0.1) is 0 Å². The summed E-state index contributed by atoms with van der Waals surface area (Å²) < 4.78 is 5.75. The molecule has 1 aliphatic rings. The van der Waals surface area contributed by atoms with E-state index in [-0.39, 0.29) is 18.2 Å². The number of ether oxygens (including phenoxy) is 1. The molecule has 2 amide bonds. The van der Waals surface area contributed by atoms with Crippen molar-refractivity contribution in [3.63, 3.8) is 0 Å². The molecule has 3 rings (SSSR count). The van der Waals surface area contributed by atoms with Gasteiger partial charge in [0.05, 0.1) is 23.0 Å². The van der Waals surface area contributed by atoms with Gasteiger partial charge in [0.15, 0.2) is 0 Å². The standard InChI is InChI=1S/C23H24N2O5S/c1-5-30-20-9-15(4)17(11-19(20)14(2)3)12-21-22(26)24(23(27)31-21)13-16-7-6-8-18(10-16)25(28)29/h6-12,14H,5,13H2,1-4H3/b21-12-. The van der Waals surface area contributed by atoms with E-state index >= 15 is 0 Å². The Bertz CT molecular complexity index is 1080. The molecule has 0 spiro atoms. The van der Waals surface area contributed by atoms with E-state index in [1.54, 1.807) is 18.2 Å². The lowest BCUT2D eigenvalue weighted by Gasteiger charge is -2.16. The molecule has 0 radical (unpaired) electrons. The minimum absolute atomic E-state index is 0.0107. The SMILES string of the molecule is CCOc1cc(C)c(/C=C2\SC(=O)N(Cc3cccc([N+](=O)[O-])c3)C2=O)cc1C(C)C. The monoisotopic (exact) mass is 440 g/mol. The van der Waals surface area contributed by atoms with E-state index in [1.807, 2.05) is 26.0 Å². The summed E-state index contributed by atoms with van der Waals surface area (Å²) >= 11 is 0.877. The predicted molar refractivity (Wildman–Crippen MR) is 121 cm³/mol. The quantitative estimate of drug-likeness (QED) is 0.313. The third kappa shape index (κ3) is 4.96. The van der Waals surface area contributed by atoms with Crippen LogP contribution in [0.3, 0.4) is 0 Å².